The number of para-hydroxylation sites is 1. The second-order valence-corrected chi connectivity index (χ2v) is 8.50. The Hall–Kier alpha value is -1.96. The van der Waals surface area contributed by atoms with Gasteiger partial charge in [0.15, 0.2) is 11.5 Å². The van der Waals surface area contributed by atoms with Gasteiger partial charge in [0.25, 0.3) is 0 Å². The Bertz CT molecular complexity index is 693. The number of unbranched alkanes of at least 4 members (excludes halogenated alkanes) is 10. The molecule has 0 heterocycles. The Balaban J connectivity index is 2.02. The van der Waals surface area contributed by atoms with Crippen molar-refractivity contribution in [2.75, 3.05) is 0 Å². The summed E-state index contributed by atoms with van der Waals surface area (Å²) in [6, 6.07) is 13.8. The summed E-state index contributed by atoms with van der Waals surface area (Å²) in [5, 5.41) is 10.6. The van der Waals surface area contributed by atoms with E-state index in [2.05, 4.69) is 19.9 Å². The van der Waals surface area contributed by atoms with Crippen molar-refractivity contribution in [3.8, 4) is 17.2 Å². The van der Waals surface area contributed by atoms with Crippen LogP contribution in [0.5, 0.6) is 17.2 Å². The quantitative estimate of drug-likeness (QED) is 0.280. The number of aromatic hydroxyl groups is 1. The van der Waals surface area contributed by atoms with Crippen molar-refractivity contribution >= 4 is 0 Å². The van der Waals surface area contributed by atoms with E-state index in [-0.39, 0.29) is 5.75 Å². The number of aryl methyl sites for hydroxylation is 1. The van der Waals surface area contributed by atoms with Crippen LogP contribution in [0.1, 0.15) is 102 Å². The molecule has 0 saturated heterocycles. The zero-order valence-corrected chi connectivity index (χ0v) is 19.3. The van der Waals surface area contributed by atoms with Crippen LogP contribution >= 0.6 is 0 Å². The maximum absolute atomic E-state index is 10.6. The second kappa shape index (κ2) is 14.9. The Labute approximate surface area is 184 Å². The molecule has 0 radical (unpaired) electrons. The zero-order valence-electron chi connectivity index (χ0n) is 19.3. The van der Waals surface area contributed by atoms with Crippen molar-refractivity contribution < 1.29 is 9.84 Å². The van der Waals surface area contributed by atoms with E-state index >= 15 is 0 Å². The average molecular weight is 411 g/mol. The Kier molecular flexibility index (Phi) is 12.1. The molecule has 2 nitrogen and oxygen atoms in total. The summed E-state index contributed by atoms with van der Waals surface area (Å²) < 4.78 is 6.18. The van der Waals surface area contributed by atoms with Gasteiger partial charge in [-0.1, -0.05) is 102 Å². The molecular weight excluding hydrogens is 368 g/mol. The lowest BCUT2D eigenvalue weighted by Gasteiger charge is -2.17. The van der Waals surface area contributed by atoms with Gasteiger partial charge in [0, 0.05) is 5.56 Å². The highest BCUT2D eigenvalue weighted by molar-refractivity contribution is 5.52. The fraction of sp³-hybridized carbons (Fsp3) is 0.571. The number of ether oxygens (including phenoxy) is 1. The van der Waals surface area contributed by atoms with E-state index in [1.807, 2.05) is 36.4 Å². The van der Waals surface area contributed by atoms with Gasteiger partial charge in [-0.05, 0) is 49.4 Å². The molecule has 2 aromatic carbocycles. The average Bonchev–Trinajstić information content (AvgIpc) is 2.77. The minimum absolute atomic E-state index is 0.255. The summed E-state index contributed by atoms with van der Waals surface area (Å²) in [7, 11) is 0. The van der Waals surface area contributed by atoms with Crippen molar-refractivity contribution in [1.29, 1.82) is 0 Å². The van der Waals surface area contributed by atoms with E-state index in [9.17, 15) is 5.11 Å². The Morgan fingerprint density at radius 3 is 1.87 bits per heavy atom. The van der Waals surface area contributed by atoms with Crippen LogP contribution in [0, 0.1) is 0 Å². The summed E-state index contributed by atoms with van der Waals surface area (Å²) >= 11 is 0. The number of phenolic OH excluding ortho intramolecular Hbond substituents is 1. The molecule has 0 saturated carbocycles. The first kappa shape index (κ1) is 24.3. The van der Waals surface area contributed by atoms with E-state index in [1.165, 1.54) is 81.8 Å². The number of hydrogen-bond acceptors (Lipinski definition) is 2. The highest BCUT2D eigenvalue weighted by atomic mass is 16.5. The molecule has 2 rings (SSSR count). The molecule has 2 aromatic rings. The molecule has 0 aliphatic rings. The number of phenols is 1. The highest BCUT2D eigenvalue weighted by Gasteiger charge is 2.15. The summed E-state index contributed by atoms with van der Waals surface area (Å²) in [5.74, 6) is 1.70. The fourth-order valence-electron chi connectivity index (χ4n) is 4.06. The predicted molar refractivity (Wildman–Crippen MR) is 129 cm³/mol. The van der Waals surface area contributed by atoms with Crippen molar-refractivity contribution in [1.82, 2.24) is 0 Å². The smallest absolute Gasteiger partial charge is 0.172 e. The molecule has 0 unspecified atom stereocenters. The first-order chi connectivity index (χ1) is 14.8. The zero-order chi connectivity index (χ0) is 21.4. The normalized spacial score (nSPS) is 11.0. The number of benzene rings is 2. The van der Waals surface area contributed by atoms with E-state index in [1.54, 1.807) is 0 Å². The topological polar surface area (TPSA) is 29.5 Å². The van der Waals surface area contributed by atoms with Gasteiger partial charge in [-0.3, -0.25) is 0 Å². The van der Waals surface area contributed by atoms with Gasteiger partial charge in [0.1, 0.15) is 5.75 Å². The molecule has 0 fully saturated rings. The second-order valence-electron chi connectivity index (χ2n) is 8.50. The van der Waals surface area contributed by atoms with Crippen molar-refractivity contribution in [2.24, 2.45) is 0 Å². The maximum Gasteiger partial charge on any atom is 0.172 e. The Morgan fingerprint density at radius 2 is 1.20 bits per heavy atom. The number of hydrogen-bond donors (Lipinski definition) is 1. The summed E-state index contributed by atoms with van der Waals surface area (Å²) in [6.45, 7) is 4.52. The summed E-state index contributed by atoms with van der Waals surface area (Å²) in [5.41, 5.74) is 2.55. The van der Waals surface area contributed by atoms with Gasteiger partial charge in [-0.25, -0.2) is 0 Å². The van der Waals surface area contributed by atoms with Crippen molar-refractivity contribution in [3.63, 3.8) is 0 Å². The molecule has 1 N–H and O–H groups in total. The minimum atomic E-state index is 0.255. The molecule has 166 valence electrons. The third-order valence-corrected chi connectivity index (χ3v) is 5.88. The van der Waals surface area contributed by atoms with Gasteiger partial charge in [-0.15, -0.1) is 0 Å². The van der Waals surface area contributed by atoms with Gasteiger partial charge < -0.3 is 9.84 Å². The van der Waals surface area contributed by atoms with Crippen molar-refractivity contribution in [2.45, 2.75) is 104 Å². The van der Waals surface area contributed by atoms with Gasteiger partial charge in [-0.2, -0.15) is 0 Å². The maximum atomic E-state index is 10.6. The van der Waals surface area contributed by atoms with E-state index in [4.69, 9.17) is 4.74 Å². The SMILES string of the molecule is CCCCCCCCCCc1c(CCCCCC)ccc(O)c1Oc1ccccc1. The molecule has 0 aromatic heterocycles. The molecule has 2 heteroatoms. The molecule has 0 atom stereocenters. The highest BCUT2D eigenvalue weighted by Crippen LogP contribution is 2.38. The third-order valence-electron chi connectivity index (χ3n) is 5.88. The summed E-state index contributed by atoms with van der Waals surface area (Å²) in [6.07, 6.45) is 17.5. The molecule has 0 spiro atoms. The largest absolute Gasteiger partial charge is 0.504 e. The van der Waals surface area contributed by atoms with E-state index in [0.717, 1.165) is 25.0 Å². The monoisotopic (exact) mass is 410 g/mol. The summed E-state index contributed by atoms with van der Waals surface area (Å²) in [4.78, 5) is 0. The fourth-order valence-corrected chi connectivity index (χ4v) is 4.06. The van der Waals surface area contributed by atoms with Crippen LogP contribution in [-0.2, 0) is 12.8 Å². The number of rotatable bonds is 16. The van der Waals surface area contributed by atoms with E-state index < -0.39 is 0 Å². The lowest BCUT2D eigenvalue weighted by molar-refractivity contribution is 0.405. The van der Waals surface area contributed by atoms with Crippen LogP contribution in [0.2, 0.25) is 0 Å². The minimum Gasteiger partial charge on any atom is -0.504 e. The predicted octanol–water partition coefficient (Wildman–Crippen LogP) is 8.99. The molecule has 0 bridgehead atoms. The standard InChI is InChI=1S/C28H42O2/c1-3-5-7-9-10-11-12-17-21-26-24(18-14-8-6-4-2)22-23-27(29)28(26)30-25-19-15-13-16-20-25/h13,15-16,19-20,22-23,29H,3-12,14,17-18,21H2,1-2H3. The first-order valence-corrected chi connectivity index (χ1v) is 12.3. The lowest BCUT2D eigenvalue weighted by atomic mass is 9.95. The van der Waals surface area contributed by atoms with Crippen LogP contribution in [0.3, 0.4) is 0 Å². The van der Waals surface area contributed by atoms with Crippen LogP contribution in [0.15, 0.2) is 42.5 Å². The van der Waals surface area contributed by atoms with Gasteiger partial charge in [0.2, 0.25) is 0 Å². The van der Waals surface area contributed by atoms with Crippen LogP contribution in [-0.4, -0.2) is 5.11 Å². The molecule has 0 aliphatic carbocycles. The van der Waals surface area contributed by atoms with Crippen LogP contribution < -0.4 is 4.74 Å². The lowest BCUT2D eigenvalue weighted by Crippen LogP contribution is -2.00. The first-order valence-electron chi connectivity index (χ1n) is 12.3. The molecule has 30 heavy (non-hydrogen) atoms. The van der Waals surface area contributed by atoms with Gasteiger partial charge >= 0.3 is 0 Å². The Morgan fingerprint density at radius 1 is 0.633 bits per heavy atom. The molecule has 0 amide bonds. The van der Waals surface area contributed by atoms with E-state index in [0.29, 0.717) is 5.75 Å². The molecular formula is C28H42O2. The van der Waals surface area contributed by atoms with Crippen molar-refractivity contribution in [3.05, 3.63) is 53.6 Å². The van der Waals surface area contributed by atoms with Gasteiger partial charge in [0.05, 0.1) is 0 Å². The third kappa shape index (κ3) is 8.81. The molecule has 0 aliphatic heterocycles. The van der Waals surface area contributed by atoms with Crippen LogP contribution in [0.25, 0.3) is 0 Å². The van der Waals surface area contributed by atoms with Crippen LogP contribution in [0.4, 0.5) is 0 Å².